The first-order valence-corrected chi connectivity index (χ1v) is 9.25. The lowest BCUT2D eigenvalue weighted by Crippen LogP contribution is -2.48. The monoisotopic (exact) mass is 334 g/mol. The first kappa shape index (κ1) is 17.4. The number of hydrogen-bond donors (Lipinski definition) is 1. The minimum atomic E-state index is 0.331. The van der Waals surface area contributed by atoms with Crippen molar-refractivity contribution in [1.29, 1.82) is 0 Å². The number of rotatable bonds is 5. The summed E-state index contributed by atoms with van der Waals surface area (Å²) in [6, 6.07) is 1.98. The van der Waals surface area contributed by atoms with Crippen LogP contribution >= 0.6 is 0 Å². The number of nitrogens with zero attached hydrogens (tertiary/aromatic N) is 3. The summed E-state index contributed by atoms with van der Waals surface area (Å²) in [7, 11) is 0. The van der Waals surface area contributed by atoms with Gasteiger partial charge in [-0.1, -0.05) is 12.1 Å². The van der Waals surface area contributed by atoms with Crippen LogP contribution in [0.4, 0.5) is 0 Å². The number of piperazine rings is 1. The average molecular weight is 334 g/mol. The van der Waals surface area contributed by atoms with Gasteiger partial charge in [0.25, 0.3) is 0 Å². The van der Waals surface area contributed by atoms with Crippen molar-refractivity contribution in [3.8, 4) is 0 Å². The smallest absolute Gasteiger partial charge is 0.222 e. The largest absolute Gasteiger partial charge is 0.361 e. The second-order valence-electron chi connectivity index (χ2n) is 7.35. The SMILES string of the molecule is Cc1cc(CN2CCN(C(=O)CC(C)C3CCNCC3)CC2)no1. The molecule has 2 saturated heterocycles. The summed E-state index contributed by atoms with van der Waals surface area (Å²) in [5, 5.41) is 7.45. The molecule has 1 unspecified atom stereocenters. The highest BCUT2D eigenvalue weighted by molar-refractivity contribution is 5.76. The summed E-state index contributed by atoms with van der Waals surface area (Å²) in [6.07, 6.45) is 3.12. The van der Waals surface area contributed by atoms with Crippen molar-refractivity contribution in [3.63, 3.8) is 0 Å². The van der Waals surface area contributed by atoms with Gasteiger partial charge in [0.1, 0.15) is 5.76 Å². The van der Waals surface area contributed by atoms with E-state index < -0.39 is 0 Å². The zero-order valence-corrected chi connectivity index (χ0v) is 15.0. The fourth-order valence-electron chi connectivity index (χ4n) is 3.86. The molecule has 1 amide bonds. The molecule has 6 nitrogen and oxygen atoms in total. The van der Waals surface area contributed by atoms with Crippen molar-refractivity contribution in [1.82, 2.24) is 20.3 Å². The zero-order valence-electron chi connectivity index (χ0n) is 15.0. The van der Waals surface area contributed by atoms with Gasteiger partial charge in [0, 0.05) is 45.2 Å². The van der Waals surface area contributed by atoms with Gasteiger partial charge in [-0.2, -0.15) is 0 Å². The zero-order chi connectivity index (χ0) is 16.9. The number of aromatic nitrogens is 1. The van der Waals surface area contributed by atoms with Crippen molar-refractivity contribution in [2.45, 2.75) is 39.7 Å². The molecule has 1 atom stereocenters. The number of hydrogen-bond acceptors (Lipinski definition) is 5. The Morgan fingerprint density at radius 1 is 1.33 bits per heavy atom. The fourth-order valence-corrected chi connectivity index (χ4v) is 3.86. The van der Waals surface area contributed by atoms with Gasteiger partial charge in [0.05, 0.1) is 5.69 Å². The second-order valence-corrected chi connectivity index (χ2v) is 7.35. The Morgan fingerprint density at radius 2 is 2.04 bits per heavy atom. The molecule has 1 aromatic heterocycles. The lowest BCUT2D eigenvalue weighted by atomic mass is 9.84. The lowest BCUT2D eigenvalue weighted by molar-refractivity contribution is -0.134. The summed E-state index contributed by atoms with van der Waals surface area (Å²) < 4.78 is 5.12. The highest BCUT2D eigenvalue weighted by Gasteiger charge is 2.26. The van der Waals surface area contributed by atoms with E-state index in [1.54, 1.807) is 0 Å². The van der Waals surface area contributed by atoms with Crippen LogP contribution in [0.1, 0.15) is 37.6 Å². The molecule has 1 aromatic rings. The molecule has 0 aromatic carbocycles. The third-order valence-electron chi connectivity index (χ3n) is 5.47. The summed E-state index contributed by atoms with van der Waals surface area (Å²) in [4.78, 5) is 17.0. The topological polar surface area (TPSA) is 61.6 Å². The van der Waals surface area contributed by atoms with Gasteiger partial charge < -0.3 is 14.7 Å². The van der Waals surface area contributed by atoms with E-state index in [2.05, 4.69) is 22.3 Å². The van der Waals surface area contributed by atoms with Crippen LogP contribution in [0.3, 0.4) is 0 Å². The van der Waals surface area contributed by atoms with E-state index in [0.717, 1.165) is 57.3 Å². The summed E-state index contributed by atoms with van der Waals surface area (Å²) in [6.45, 7) is 10.7. The third kappa shape index (κ3) is 4.57. The van der Waals surface area contributed by atoms with Gasteiger partial charge in [-0.25, -0.2) is 0 Å². The van der Waals surface area contributed by atoms with E-state index in [1.165, 1.54) is 12.8 Å². The van der Waals surface area contributed by atoms with Gasteiger partial charge in [-0.3, -0.25) is 9.69 Å². The van der Waals surface area contributed by atoms with Gasteiger partial charge in [-0.15, -0.1) is 0 Å². The van der Waals surface area contributed by atoms with Crippen molar-refractivity contribution in [2.75, 3.05) is 39.3 Å². The minimum absolute atomic E-state index is 0.331. The van der Waals surface area contributed by atoms with Crippen LogP contribution in [-0.4, -0.2) is 60.1 Å². The van der Waals surface area contributed by atoms with Gasteiger partial charge in [0.15, 0.2) is 0 Å². The van der Waals surface area contributed by atoms with Crippen LogP contribution < -0.4 is 5.32 Å². The van der Waals surface area contributed by atoms with Crippen LogP contribution in [0.15, 0.2) is 10.6 Å². The maximum atomic E-state index is 12.6. The standard InChI is InChI=1S/C18H30N4O2/c1-14(16-3-5-19-6-4-16)11-18(23)22-9-7-21(8-10-22)13-17-12-15(2)24-20-17/h12,14,16,19H,3-11,13H2,1-2H3. The molecule has 0 spiro atoms. The number of piperidine rings is 1. The first-order chi connectivity index (χ1) is 11.6. The Balaban J connectivity index is 1.41. The van der Waals surface area contributed by atoms with Crippen LogP contribution in [-0.2, 0) is 11.3 Å². The Morgan fingerprint density at radius 3 is 2.67 bits per heavy atom. The van der Waals surface area contributed by atoms with E-state index in [1.807, 2.05) is 17.9 Å². The van der Waals surface area contributed by atoms with Crippen LogP contribution in [0.2, 0.25) is 0 Å². The number of carbonyl (C=O) groups is 1. The highest BCUT2D eigenvalue weighted by Crippen LogP contribution is 2.25. The maximum absolute atomic E-state index is 12.6. The van der Waals surface area contributed by atoms with E-state index in [-0.39, 0.29) is 0 Å². The summed E-state index contributed by atoms with van der Waals surface area (Å²) in [5.41, 5.74) is 0.979. The summed E-state index contributed by atoms with van der Waals surface area (Å²) in [5.74, 6) is 2.38. The quantitative estimate of drug-likeness (QED) is 0.887. The average Bonchev–Trinajstić information content (AvgIpc) is 3.01. The molecular weight excluding hydrogens is 304 g/mol. The highest BCUT2D eigenvalue weighted by atomic mass is 16.5. The fraction of sp³-hybridized carbons (Fsp3) is 0.778. The first-order valence-electron chi connectivity index (χ1n) is 9.25. The molecule has 2 fully saturated rings. The molecule has 24 heavy (non-hydrogen) atoms. The molecule has 1 N–H and O–H groups in total. The Labute approximate surface area is 144 Å². The van der Waals surface area contributed by atoms with Crippen LogP contribution in [0, 0.1) is 18.8 Å². The van der Waals surface area contributed by atoms with Crippen molar-refractivity contribution in [3.05, 3.63) is 17.5 Å². The van der Waals surface area contributed by atoms with Gasteiger partial charge in [0.2, 0.25) is 5.91 Å². The predicted octanol–water partition coefficient (Wildman–Crippen LogP) is 1.65. The molecule has 134 valence electrons. The number of nitrogens with one attached hydrogen (secondary N) is 1. The predicted molar refractivity (Wildman–Crippen MR) is 92.5 cm³/mol. The van der Waals surface area contributed by atoms with Gasteiger partial charge in [-0.05, 0) is 44.7 Å². The van der Waals surface area contributed by atoms with E-state index in [4.69, 9.17) is 4.52 Å². The second kappa shape index (κ2) is 8.12. The molecule has 3 rings (SSSR count). The Kier molecular flexibility index (Phi) is 5.89. The van der Waals surface area contributed by atoms with E-state index >= 15 is 0 Å². The molecule has 6 heteroatoms. The van der Waals surface area contributed by atoms with E-state index in [0.29, 0.717) is 24.2 Å². The lowest BCUT2D eigenvalue weighted by Gasteiger charge is -2.35. The molecule has 2 aliphatic rings. The van der Waals surface area contributed by atoms with Crippen LogP contribution in [0.25, 0.3) is 0 Å². The van der Waals surface area contributed by atoms with Crippen molar-refractivity contribution < 1.29 is 9.32 Å². The van der Waals surface area contributed by atoms with Crippen LogP contribution in [0.5, 0.6) is 0 Å². The minimum Gasteiger partial charge on any atom is -0.361 e. The molecule has 0 radical (unpaired) electrons. The molecule has 0 aliphatic carbocycles. The van der Waals surface area contributed by atoms with Crippen molar-refractivity contribution in [2.24, 2.45) is 11.8 Å². The normalized spacial score (nSPS) is 21.8. The van der Waals surface area contributed by atoms with E-state index in [9.17, 15) is 4.79 Å². The molecule has 3 heterocycles. The number of amides is 1. The maximum Gasteiger partial charge on any atom is 0.222 e. The van der Waals surface area contributed by atoms with Crippen molar-refractivity contribution >= 4 is 5.91 Å². The van der Waals surface area contributed by atoms with Gasteiger partial charge >= 0.3 is 0 Å². The Hall–Kier alpha value is -1.40. The molecule has 2 aliphatic heterocycles. The Bertz CT molecular complexity index is 531. The summed E-state index contributed by atoms with van der Waals surface area (Å²) >= 11 is 0. The number of carbonyl (C=O) groups excluding carboxylic acids is 1. The molecule has 0 bridgehead atoms. The molecular formula is C18H30N4O2. The molecule has 0 saturated carbocycles. The number of aryl methyl sites for hydroxylation is 1. The third-order valence-corrected chi connectivity index (χ3v) is 5.47.